The van der Waals surface area contributed by atoms with E-state index in [1.54, 1.807) is 0 Å². The van der Waals surface area contributed by atoms with Crippen molar-refractivity contribution < 1.29 is 0 Å². The second-order valence-electron chi connectivity index (χ2n) is 4.38. The van der Waals surface area contributed by atoms with Crippen molar-refractivity contribution in [3.05, 3.63) is 34.4 Å². The number of nitrogens with one attached hydrogen (secondary N) is 1. The van der Waals surface area contributed by atoms with Crippen molar-refractivity contribution in [2.24, 2.45) is 7.05 Å². The number of halogens is 1. The van der Waals surface area contributed by atoms with Crippen molar-refractivity contribution in [1.29, 1.82) is 0 Å². The van der Waals surface area contributed by atoms with Gasteiger partial charge in [-0.25, -0.2) is 0 Å². The molecule has 1 aromatic carbocycles. The number of nitrogens with zero attached hydrogens (tertiary/aromatic N) is 1. The maximum atomic E-state index is 3.55. The molecule has 0 spiro atoms. The molecule has 1 aromatic heterocycles. The fourth-order valence-electron chi connectivity index (χ4n) is 2.23. The second kappa shape index (κ2) is 5.69. The normalized spacial score (nSPS) is 11.2. The van der Waals surface area contributed by atoms with Crippen molar-refractivity contribution in [2.45, 2.75) is 19.8 Å². The van der Waals surface area contributed by atoms with Gasteiger partial charge in [-0.1, -0.05) is 22.9 Å². The minimum Gasteiger partial charge on any atom is -0.350 e. The van der Waals surface area contributed by atoms with E-state index in [9.17, 15) is 0 Å². The highest BCUT2D eigenvalue weighted by atomic mass is 79.9. The van der Waals surface area contributed by atoms with Crippen LogP contribution in [0.2, 0.25) is 0 Å². The van der Waals surface area contributed by atoms with E-state index in [0.717, 1.165) is 24.0 Å². The molecular weight excluding hydrogens is 276 g/mol. The van der Waals surface area contributed by atoms with Gasteiger partial charge >= 0.3 is 0 Å². The number of hydrogen-bond acceptors (Lipinski definition) is 1. The van der Waals surface area contributed by atoms with Gasteiger partial charge in [-0.15, -0.1) is 0 Å². The molecule has 0 amide bonds. The summed E-state index contributed by atoms with van der Waals surface area (Å²) in [5.74, 6) is 0. The SMILES string of the molecule is CCNCCCc1cn(C)c2ccc(Br)cc12. The molecule has 0 unspecified atom stereocenters. The van der Waals surface area contributed by atoms with Gasteiger partial charge in [-0.05, 0) is 49.7 Å². The molecule has 3 heteroatoms. The highest BCUT2D eigenvalue weighted by molar-refractivity contribution is 9.10. The van der Waals surface area contributed by atoms with Gasteiger partial charge in [0.25, 0.3) is 0 Å². The molecule has 0 aliphatic rings. The summed E-state index contributed by atoms with van der Waals surface area (Å²) in [7, 11) is 2.12. The molecule has 2 aromatic rings. The van der Waals surface area contributed by atoms with Gasteiger partial charge in [0.15, 0.2) is 0 Å². The lowest BCUT2D eigenvalue weighted by molar-refractivity contribution is 0.673. The average molecular weight is 295 g/mol. The van der Waals surface area contributed by atoms with Crippen LogP contribution in [0.15, 0.2) is 28.9 Å². The highest BCUT2D eigenvalue weighted by Crippen LogP contribution is 2.25. The van der Waals surface area contributed by atoms with Crippen molar-refractivity contribution >= 4 is 26.8 Å². The molecule has 2 nitrogen and oxygen atoms in total. The van der Waals surface area contributed by atoms with Gasteiger partial charge < -0.3 is 9.88 Å². The van der Waals surface area contributed by atoms with Crippen LogP contribution in [0.25, 0.3) is 10.9 Å². The van der Waals surface area contributed by atoms with Gasteiger partial charge in [-0.2, -0.15) is 0 Å². The zero-order valence-electron chi connectivity index (χ0n) is 10.5. The first-order chi connectivity index (χ1) is 8.22. The molecule has 0 atom stereocenters. The summed E-state index contributed by atoms with van der Waals surface area (Å²) in [6, 6.07) is 6.50. The summed E-state index contributed by atoms with van der Waals surface area (Å²) in [6.45, 7) is 4.30. The summed E-state index contributed by atoms with van der Waals surface area (Å²) in [4.78, 5) is 0. The zero-order valence-corrected chi connectivity index (χ0v) is 12.0. The standard InChI is InChI=1S/C14H19BrN2/c1-3-16-8-4-5-11-10-17(2)14-7-6-12(15)9-13(11)14/h6-7,9-10,16H,3-5,8H2,1-2H3. The van der Waals surface area contributed by atoms with E-state index >= 15 is 0 Å². The van der Waals surface area contributed by atoms with Gasteiger partial charge in [0, 0.05) is 28.6 Å². The van der Waals surface area contributed by atoms with Gasteiger partial charge in [0.05, 0.1) is 0 Å². The fraction of sp³-hybridized carbons (Fsp3) is 0.429. The largest absolute Gasteiger partial charge is 0.350 e. The smallest absolute Gasteiger partial charge is 0.0481 e. The predicted octanol–water partition coefficient (Wildman–Crippen LogP) is 3.48. The van der Waals surface area contributed by atoms with Crippen molar-refractivity contribution in [1.82, 2.24) is 9.88 Å². The molecule has 0 fully saturated rings. The first-order valence-electron chi connectivity index (χ1n) is 6.16. The molecule has 17 heavy (non-hydrogen) atoms. The van der Waals surface area contributed by atoms with E-state index in [4.69, 9.17) is 0 Å². The van der Waals surface area contributed by atoms with E-state index in [1.807, 2.05) is 0 Å². The summed E-state index contributed by atoms with van der Waals surface area (Å²) in [5, 5.41) is 4.74. The summed E-state index contributed by atoms with van der Waals surface area (Å²) in [5.41, 5.74) is 2.76. The van der Waals surface area contributed by atoms with Crippen LogP contribution < -0.4 is 5.32 Å². The lowest BCUT2D eigenvalue weighted by Gasteiger charge is -2.01. The van der Waals surface area contributed by atoms with Crippen molar-refractivity contribution in [3.8, 4) is 0 Å². The summed E-state index contributed by atoms with van der Waals surface area (Å²) >= 11 is 3.55. The van der Waals surface area contributed by atoms with Crippen LogP contribution in [-0.2, 0) is 13.5 Å². The molecule has 0 saturated carbocycles. The van der Waals surface area contributed by atoms with E-state index in [0.29, 0.717) is 0 Å². The highest BCUT2D eigenvalue weighted by Gasteiger charge is 2.06. The fourth-order valence-corrected chi connectivity index (χ4v) is 2.59. The molecule has 0 saturated heterocycles. The quantitative estimate of drug-likeness (QED) is 0.836. The van der Waals surface area contributed by atoms with Crippen molar-refractivity contribution in [3.63, 3.8) is 0 Å². The topological polar surface area (TPSA) is 17.0 Å². The Hall–Kier alpha value is -0.800. The van der Waals surface area contributed by atoms with Gasteiger partial charge in [0.1, 0.15) is 0 Å². The molecule has 92 valence electrons. The Balaban J connectivity index is 2.19. The van der Waals surface area contributed by atoms with Crippen LogP contribution in [0.5, 0.6) is 0 Å². The molecule has 1 heterocycles. The van der Waals surface area contributed by atoms with Crippen LogP contribution in [0.3, 0.4) is 0 Å². The van der Waals surface area contributed by atoms with Gasteiger partial charge in [-0.3, -0.25) is 0 Å². The lowest BCUT2D eigenvalue weighted by Crippen LogP contribution is -2.14. The minimum atomic E-state index is 1.06. The number of hydrogen-bond donors (Lipinski definition) is 1. The number of aryl methyl sites for hydroxylation is 2. The average Bonchev–Trinajstić information content (AvgIpc) is 2.61. The van der Waals surface area contributed by atoms with Crippen LogP contribution in [0, 0.1) is 0 Å². The van der Waals surface area contributed by atoms with Crippen LogP contribution in [0.4, 0.5) is 0 Å². The first-order valence-corrected chi connectivity index (χ1v) is 6.96. The lowest BCUT2D eigenvalue weighted by atomic mass is 10.1. The van der Waals surface area contributed by atoms with E-state index in [2.05, 4.69) is 64.2 Å². The van der Waals surface area contributed by atoms with Crippen molar-refractivity contribution in [2.75, 3.05) is 13.1 Å². The van der Waals surface area contributed by atoms with Crippen LogP contribution >= 0.6 is 15.9 Å². The summed E-state index contributed by atoms with van der Waals surface area (Å²) < 4.78 is 3.37. The number of fused-ring (bicyclic) bond motifs is 1. The maximum absolute atomic E-state index is 3.55. The molecule has 0 aliphatic carbocycles. The minimum absolute atomic E-state index is 1.06. The molecule has 0 bridgehead atoms. The number of benzene rings is 1. The zero-order chi connectivity index (χ0) is 12.3. The first kappa shape index (κ1) is 12.7. The molecule has 1 N–H and O–H groups in total. The molecule has 2 rings (SSSR count). The van der Waals surface area contributed by atoms with Crippen LogP contribution in [0.1, 0.15) is 18.9 Å². The Morgan fingerprint density at radius 2 is 2.18 bits per heavy atom. The third-order valence-electron chi connectivity index (χ3n) is 3.08. The molecule has 0 aliphatic heterocycles. The third kappa shape index (κ3) is 2.90. The number of aromatic nitrogens is 1. The predicted molar refractivity (Wildman–Crippen MR) is 77.5 cm³/mol. The Bertz CT molecular complexity index is 502. The Morgan fingerprint density at radius 3 is 2.94 bits per heavy atom. The number of rotatable bonds is 5. The maximum Gasteiger partial charge on any atom is 0.0481 e. The third-order valence-corrected chi connectivity index (χ3v) is 3.58. The van der Waals surface area contributed by atoms with E-state index in [-0.39, 0.29) is 0 Å². The van der Waals surface area contributed by atoms with Gasteiger partial charge in [0.2, 0.25) is 0 Å². The Morgan fingerprint density at radius 1 is 1.35 bits per heavy atom. The summed E-state index contributed by atoms with van der Waals surface area (Å²) in [6.07, 6.45) is 4.59. The Kier molecular flexibility index (Phi) is 4.24. The molecular formula is C14H19BrN2. The van der Waals surface area contributed by atoms with E-state index in [1.165, 1.54) is 22.9 Å². The van der Waals surface area contributed by atoms with Crippen LogP contribution in [-0.4, -0.2) is 17.7 Å². The van der Waals surface area contributed by atoms with E-state index < -0.39 is 0 Å². The molecule has 0 radical (unpaired) electrons. The monoisotopic (exact) mass is 294 g/mol. The second-order valence-corrected chi connectivity index (χ2v) is 5.30. The Labute approximate surface area is 111 Å².